The fourth-order valence-corrected chi connectivity index (χ4v) is 18.3. The zero-order valence-electron chi connectivity index (χ0n) is 38.9. The van der Waals surface area contributed by atoms with E-state index in [1.807, 2.05) is 24.3 Å². The molecule has 0 spiro atoms. The highest BCUT2D eigenvalue weighted by molar-refractivity contribution is 8.40. The average Bonchev–Trinajstić information content (AvgIpc) is 3.95. The highest BCUT2D eigenvalue weighted by atomic mass is 32.3. The monoisotopic (exact) mass is 936 g/mol. The van der Waals surface area contributed by atoms with Crippen molar-refractivity contribution in [2.24, 2.45) is 0 Å². The third kappa shape index (κ3) is 6.90. The molecule has 0 unspecified atom stereocenters. The number of benzene rings is 9. The van der Waals surface area contributed by atoms with Crippen molar-refractivity contribution in [1.29, 1.82) is 0 Å². The van der Waals surface area contributed by atoms with E-state index < -0.39 is 20.1 Å². The molecular weight excluding hydrogens is 885 g/mol. The van der Waals surface area contributed by atoms with Crippen molar-refractivity contribution >= 4 is 63.7 Å². The van der Waals surface area contributed by atoms with E-state index in [1.54, 1.807) is 0 Å². The highest BCUT2D eigenvalue weighted by Gasteiger charge is 2.36. The van der Waals surface area contributed by atoms with Crippen LogP contribution in [0.3, 0.4) is 0 Å². The summed E-state index contributed by atoms with van der Waals surface area (Å²) in [5.74, 6) is 0. The molecule has 0 aliphatic heterocycles. The predicted molar refractivity (Wildman–Crippen MR) is 303 cm³/mol. The van der Waals surface area contributed by atoms with E-state index in [4.69, 9.17) is 0 Å². The van der Waals surface area contributed by atoms with Crippen LogP contribution in [0.2, 0.25) is 0 Å². The van der Waals surface area contributed by atoms with E-state index in [2.05, 4.69) is 278 Å². The Kier molecular flexibility index (Phi) is 11.8. The van der Waals surface area contributed by atoms with E-state index in [0.29, 0.717) is 0 Å². The lowest BCUT2D eigenvalue weighted by Crippen LogP contribution is -2.07. The van der Waals surface area contributed by atoms with Gasteiger partial charge in [-0.3, -0.25) is 0 Å². The molecule has 0 bridgehead atoms. The summed E-state index contributed by atoms with van der Waals surface area (Å²) >= 11 is 0. The minimum atomic E-state index is -2.15. The number of hydrogen-bond donors (Lipinski definition) is 0. The first-order chi connectivity index (χ1) is 34.6. The van der Waals surface area contributed by atoms with Gasteiger partial charge < -0.3 is 9.13 Å². The van der Waals surface area contributed by atoms with Gasteiger partial charge in [0.1, 0.15) is 0 Å². The van der Waals surface area contributed by atoms with Crippen molar-refractivity contribution in [1.82, 2.24) is 9.13 Å². The Labute approximate surface area is 414 Å². The lowest BCUT2D eigenvalue weighted by atomic mass is 10.1. The van der Waals surface area contributed by atoms with Crippen molar-refractivity contribution in [2.45, 2.75) is 29.4 Å². The molecule has 11 rings (SSSR count). The summed E-state index contributed by atoms with van der Waals surface area (Å²) in [6, 6.07) is 84.8. The first kappa shape index (κ1) is 44.2. The minimum Gasteiger partial charge on any atom is -0.307 e. The number of hydrogen-bond acceptors (Lipinski definition) is 0. The van der Waals surface area contributed by atoms with Crippen LogP contribution in [0, 0.1) is 0 Å². The molecule has 9 aromatic carbocycles. The van der Waals surface area contributed by atoms with Gasteiger partial charge in [-0.1, -0.05) is 172 Å². The van der Waals surface area contributed by atoms with Crippen LogP contribution in [-0.2, 0) is 0 Å². The quantitative estimate of drug-likeness (QED) is 0.0962. The molecule has 0 atom stereocenters. The maximum Gasteiger partial charge on any atom is 0.0788 e. The van der Waals surface area contributed by atoms with Crippen molar-refractivity contribution in [3.63, 3.8) is 0 Å². The normalized spacial score (nSPS) is 13.8. The van der Waals surface area contributed by atoms with Crippen LogP contribution in [0.15, 0.2) is 332 Å². The molecule has 0 aliphatic carbocycles. The Hall–Kier alpha value is -8.28. The molecule has 0 N–H and O–H groups in total. The van der Waals surface area contributed by atoms with Crippen LogP contribution in [-0.4, -0.2) is 9.13 Å². The molecule has 0 fully saturated rings. The molecule has 2 aromatic heterocycles. The number of fused-ring (bicyclic) bond motifs is 7. The summed E-state index contributed by atoms with van der Waals surface area (Å²) in [5.41, 5.74) is 6.74. The number of allylic oxidation sites excluding steroid dienone is 6. The summed E-state index contributed by atoms with van der Waals surface area (Å²) in [5, 5.41) is 4.70. The molecule has 70 heavy (non-hydrogen) atoms. The van der Waals surface area contributed by atoms with Gasteiger partial charge in [0.15, 0.2) is 0 Å². The van der Waals surface area contributed by atoms with Crippen molar-refractivity contribution < 1.29 is 0 Å². The zero-order chi connectivity index (χ0) is 47.7. The standard InChI is InChI=1S/C66H52N2S2/c1-5-27-51(7-3)69(52(8-4)28-6-2,53-33-19-11-20-34-53)57-41-45-63-61(47-57)59-43-44-60-62-48-58(70(54-35-21-12-22-36-54,55-37-23-13-24-38-55)56-39-25-14-26-40-56)42-46-64(62)68(50-31-17-10-18-32-50)66(60)65(59)67(63)49-29-15-9-16-30-49/h5-48H,1-4H2/b51-27+,52-28+. The SMILES string of the molecule is C=C/C=C(\C=C)S(/C(C=C)=C/C=C)(c1ccccc1)c1ccc2c(c1)c1ccc3c4cc(S(c5ccccc5)(c5ccccc5)c5ccccc5)ccc4n(-c4ccccc4)c3c1n2-c1ccccc1. The Balaban J connectivity index is 1.30. The third-order valence-electron chi connectivity index (χ3n) is 13.4. The predicted octanol–water partition coefficient (Wildman–Crippen LogP) is 19.0. The molecule has 2 heterocycles. The van der Waals surface area contributed by atoms with Crippen molar-refractivity contribution in [2.75, 3.05) is 0 Å². The topological polar surface area (TPSA) is 9.86 Å². The van der Waals surface area contributed by atoms with Gasteiger partial charge in [0.05, 0.1) is 22.1 Å². The second-order valence-electron chi connectivity index (χ2n) is 17.1. The van der Waals surface area contributed by atoms with Crippen molar-refractivity contribution in [3.8, 4) is 11.4 Å². The molecule has 0 saturated carbocycles. The Morgan fingerprint density at radius 2 is 0.671 bits per heavy atom. The molecule has 0 radical (unpaired) electrons. The van der Waals surface area contributed by atoms with Crippen LogP contribution >= 0.6 is 20.1 Å². The number of nitrogens with zero attached hydrogens (tertiary/aromatic N) is 2. The fraction of sp³-hybridized carbons (Fsp3) is 0. The van der Waals surface area contributed by atoms with Gasteiger partial charge in [-0.15, -0.1) is 20.1 Å². The molecule has 0 saturated heterocycles. The molecule has 0 aliphatic rings. The van der Waals surface area contributed by atoms with Crippen LogP contribution in [0.1, 0.15) is 0 Å². The number of aromatic nitrogens is 2. The van der Waals surface area contributed by atoms with Gasteiger partial charge in [-0.05, 0) is 121 Å². The van der Waals surface area contributed by atoms with E-state index in [0.717, 1.165) is 58.9 Å². The third-order valence-corrected chi connectivity index (χ3v) is 21.3. The summed E-state index contributed by atoms with van der Waals surface area (Å²) in [7, 11) is -4.10. The molecule has 0 amide bonds. The highest BCUT2D eigenvalue weighted by Crippen LogP contribution is 2.75. The van der Waals surface area contributed by atoms with E-state index in [9.17, 15) is 0 Å². The number of para-hydroxylation sites is 2. The molecule has 2 nitrogen and oxygen atoms in total. The molecule has 4 heteroatoms. The van der Waals surface area contributed by atoms with Gasteiger partial charge in [0, 0.05) is 72.1 Å². The summed E-state index contributed by atoms with van der Waals surface area (Å²) in [6.45, 7) is 17.2. The van der Waals surface area contributed by atoms with Gasteiger partial charge in [0.25, 0.3) is 0 Å². The summed E-state index contributed by atoms with van der Waals surface area (Å²) in [6.07, 6.45) is 11.9. The fourth-order valence-electron chi connectivity index (χ4n) is 10.6. The summed E-state index contributed by atoms with van der Waals surface area (Å²) in [4.78, 5) is 9.61. The van der Waals surface area contributed by atoms with Gasteiger partial charge in [0.2, 0.25) is 0 Å². The zero-order valence-corrected chi connectivity index (χ0v) is 40.6. The molecular formula is C66H52N2S2. The smallest absolute Gasteiger partial charge is 0.0788 e. The maximum absolute atomic E-state index is 4.41. The van der Waals surface area contributed by atoms with Crippen LogP contribution < -0.4 is 0 Å². The Morgan fingerprint density at radius 1 is 0.329 bits per heavy atom. The lowest BCUT2D eigenvalue weighted by Gasteiger charge is -2.43. The lowest BCUT2D eigenvalue weighted by molar-refractivity contribution is 1.15. The minimum absolute atomic E-state index is 1.06. The van der Waals surface area contributed by atoms with E-state index in [1.165, 1.54) is 35.2 Å². The Bertz CT molecular complexity index is 3680. The van der Waals surface area contributed by atoms with Crippen LogP contribution in [0.5, 0.6) is 0 Å². The largest absolute Gasteiger partial charge is 0.307 e. The maximum atomic E-state index is 4.41. The Morgan fingerprint density at radius 3 is 1.04 bits per heavy atom. The average molecular weight is 937 g/mol. The second-order valence-corrected chi connectivity index (χ2v) is 23.3. The first-order valence-electron chi connectivity index (χ1n) is 23.5. The van der Waals surface area contributed by atoms with Gasteiger partial charge >= 0.3 is 0 Å². The van der Waals surface area contributed by atoms with Gasteiger partial charge in [-0.25, -0.2) is 0 Å². The van der Waals surface area contributed by atoms with Gasteiger partial charge in [-0.2, -0.15) is 0 Å². The first-order valence-corrected chi connectivity index (χ1v) is 26.8. The van der Waals surface area contributed by atoms with Crippen LogP contribution in [0.25, 0.3) is 55.0 Å². The van der Waals surface area contributed by atoms with E-state index >= 15 is 0 Å². The second kappa shape index (κ2) is 18.7. The number of rotatable bonds is 14. The molecule has 11 aromatic rings. The summed E-state index contributed by atoms with van der Waals surface area (Å²) < 4.78 is 4.97. The van der Waals surface area contributed by atoms with Crippen LogP contribution in [0.4, 0.5) is 0 Å². The van der Waals surface area contributed by atoms with E-state index in [-0.39, 0.29) is 0 Å². The van der Waals surface area contributed by atoms with Crippen molar-refractivity contribution in [3.05, 3.63) is 303 Å². The molecule has 338 valence electrons.